The molecule has 0 atom stereocenters. The number of unbranched alkanes of at least 4 members (excludes halogenated alkanes) is 14. The van der Waals surface area contributed by atoms with Gasteiger partial charge in [-0.3, -0.25) is 0 Å². The van der Waals surface area contributed by atoms with Crippen LogP contribution in [0.3, 0.4) is 0 Å². The molecule has 0 spiro atoms. The smallest absolute Gasteiger partial charge is 0.126 e. The number of rotatable bonds is 17. The van der Waals surface area contributed by atoms with Crippen LogP contribution < -0.4 is 0 Å². The van der Waals surface area contributed by atoms with Crippen LogP contribution in [0.2, 0.25) is 6.04 Å². The number of halogens is 4. The Bertz CT molecular complexity index is 222. The first-order valence-electron chi connectivity index (χ1n) is 9.19. The highest BCUT2D eigenvalue weighted by atomic mass is 79.9. The number of alkyl halides is 1. The molecule has 0 aromatic heterocycles. The van der Waals surface area contributed by atoms with Crippen molar-refractivity contribution in [2.75, 3.05) is 5.33 Å². The average Bonchev–Trinajstić information content (AvgIpc) is 2.45. The molecule has 0 fully saturated rings. The summed E-state index contributed by atoms with van der Waals surface area (Å²) in [4.78, 5) is 0. The summed E-state index contributed by atoms with van der Waals surface area (Å²) in [7, 11) is 0. The third kappa shape index (κ3) is 21.6. The van der Waals surface area contributed by atoms with Gasteiger partial charge in [-0.2, -0.15) is 0 Å². The maximum Gasteiger partial charge on any atom is 0.341 e. The highest BCUT2D eigenvalue weighted by Gasteiger charge is 2.23. The summed E-state index contributed by atoms with van der Waals surface area (Å²) in [5.74, 6) is 0. The molecule has 22 heavy (non-hydrogen) atoms. The molecule has 0 aromatic rings. The molecule has 0 nitrogen and oxygen atoms in total. The molecule has 0 heterocycles. The minimum absolute atomic E-state index is 0.827. The second-order valence-electron chi connectivity index (χ2n) is 6.36. The zero-order valence-corrected chi connectivity index (χ0v) is 18.9. The van der Waals surface area contributed by atoms with Crippen LogP contribution in [0.1, 0.15) is 96.3 Å². The van der Waals surface area contributed by atoms with E-state index in [1.54, 1.807) is 0 Å². The fraction of sp³-hybridized carbons (Fsp3) is 1.00. The van der Waals surface area contributed by atoms with Crippen molar-refractivity contribution in [1.82, 2.24) is 0 Å². The number of hydrogen-bond donors (Lipinski definition) is 0. The summed E-state index contributed by atoms with van der Waals surface area (Å²) < 4.78 is 0. The van der Waals surface area contributed by atoms with Gasteiger partial charge in [-0.15, -0.1) is 33.2 Å². The van der Waals surface area contributed by atoms with Crippen molar-refractivity contribution in [3.05, 3.63) is 0 Å². The van der Waals surface area contributed by atoms with Crippen molar-refractivity contribution in [1.29, 1.82) is 0 Å². The first-order valence-corrected chi connectivity index (χ1v) is 15.6. The van der Waals surface area contributed by atoms with Gasteiger partial charge in [-0.1, -0.05) is 106 Å². The second kappa shape index (κ2) is 17.4. The lowest BCUT2D eigenvalue weighted by Gasteiger charge is -2.07. The van der Waals surface area contributed by atoms with Gasteiger partial charge in [0.25, 0.3) is 0 Å². The fourth-order valence-corrected chi connectivity index (χ4v) is 4.97. The summed E-state index contributed by atoms with van der Waals surface area (Å²) in [6.45, 7) is 0. The molecule has 134 valence electrons. The van der Waals surface area contributed by atoms with E-state index in [9.17, 15) is 0 Å². The normalized spacial score (nSPS) is 12.0. The lowest BCUT2D eigenvalue weighted by atomic mass is 10.0. The highest BCUT2D eigenvalue weighted by molar-refractivity contribution is 9.09. The monoisotopic (exact) mass is 450 g/mol. The maximum absolute atomic E-state index is 5.87. The van der Waals surface area contributed by atoms with Gasteiger partial charge in [0.1, 0.15) is 0 Å². The van der Waals surface area contributed by atoms with E-state index in [0.29, 0.717) is 0 Å². The third-order valence-electron chi connectivity index (χ3n) is 4.09. The van der Waals surface area contributed by atoms with Crippen LogP contribution in [0.4, 0.5) is 0 Å². The van der Waals surface area contributed by atoms with Gasteiger partial charge in [-0.25, -0.2) is 0 Å². The molecule has 0 aliphatic carbocycles. The molecule has 0 saturated heterocycles. The van der Waals surface area contributed by atoms with E-state index in [4.69, 9.17) is 33.2 Å². The van der Waals surface area contributed by atoms with Gasteiger partial charge in [0.15, 0.2) is 0 Å². The van der Waals surface area contributed by atoms with Gasteiger partial charge >= 0.3 is 6.00 Å². The minimum Gasteiger partial charge on any atom is -0.126 e. The summed E-state index contributed by atoms with van der Waals surface area (Å²) in [5, 5.41) is 1.17. The van der Waals surface area contributed by atoms with Crippen molar-refractivity contribution in [2.45, 2.75) is 102 Å². The molecule has 5 heteroatoms. The molecule has 0 bridgehead atoms. The Hall–Kier alpha value is 1.57. The van der Waals surface area contributed by atoms with Crippen molar-refractivity contribution in [3.8, 4) is 0 Å². The predicted molar refractivity (Wildman–Crippen MR) is 111 cm³/mol. The Kier molecular flexibility index (Phi) is 18.6. The van der Waals surface area contributed by atoms with E-state index in [1.165, 1.54) is 95.2 Å². The van der Waals surface area contributed by atoms with Crippen molar-refractivity contribution in [2.24, 2.45) is 0 Å². The van der Waals surface area contributed by atoms with Crippen molar-refractivity contribution in [3.63, 3.8) is 0 Å². The van der Waals surface area contributed by atoms with Crippen LogP contribution >= 0.6 is 49.2 Å². The molecule has 0 saturated carbocycles. The lowest BCUT2D eigenvalue weighted by molar-refractivity contribution is 0.535. The molecule has 0 unspecified atom stereocenters. The molecule has 0 aromatic carbocycles. The molecular formula is C17H34BrCl3Si. The third-order valence-corrected chi connectivity index (χ3v) is 7.28. The van der Waals surface area contributed by atoms with Crippen molar-refractivity contribution >= 4 is 55.2 Å². The van der Waals surface area contributed by atoms with Gasteiger partial charge < -0.3 is 0 Å². The summed E-state index contributed by atoms with van der Waals surface area (Å²) >= 11 is 21.1. The average molecular weight is 453 g/mol. The molecule has 0 aliphatic heterocycles. The SMILES string of the molecule is Cl[Si](Cl)(Cl)CCCCCCCCCCCCCCCCCBr. The maximum atomic E-state index is 5.87. The summed E-state index contributed by atoms with van der Waals surface area (Å²) in [5.41, 5.74) is 0. The van der Waals surface area contributed by atoms with Crippen LogP contribution in [-0.4, -0.2) is 11.3 Å². The van der Waals surface area contributed by atoms with Crippen LogP contribution in [0.5, 0.6) is 0 Å². The Morgan fingerprint density at radius 3 is 1.00 bits per heavy atom. The van der Waals surface area contributed by atoms with Gasteiger partial charge in [0.05, 0.1) is 0 Å². The van der Waals surface area contributed by atoms with Gasteiger partial charge in [-0.05, 0) is 12.5 Å². The Labute approximate surface area is 162 Å². The quantitative estimate of drug-likeness (QED) is 0.0894. The van der Waals surface area contributed by atoms with E-state index in [1.807, 2.05) is 0 Å². The topological polar surface area (TPSA) is 0 Å². The van der Waals surface area contributed by atoms with Crippen LogP contribution in [-0.2, 0) is 0 Å². The standard InChI is InChI=1S/C17H34BrCl3Si/c18-16-14-12-10-8-6-4-2-1-3-5-7-9-11-13-15-17-22(19,20)21/h1-17H2. The van der Waals surface area contributed by atoms with E-state index in [2.05, 4.69) is 15.9 Å². The molecule has 0 rings (SSSR count). The van der Waals surface area contributed by atoms with Crippen LogP contribution in [0.15, 0.2) is 0 Å². The largest absolute Gasteiger partial charge is 0.341 e. The van der Waals surface area contributed by atoms with E-state index in [0.717, 1.165) is 12.5 Å². The van der Waals surface area contributed by atoms with Gasteiger partial charge in [0, 0.05) is 5.33 Å². The second-order valence-corrected chi connectivity index (χ2v) is 16.4. The first kappa shape index (κ1) is 23.6. The Morgan fingerprint density at radius 1 is 0.455 bits per heavy atom. The minimum atomic E-state index is -2.35. The molecular weight excluding hydrogens is 419 g/mol. The van der Waals surface area contributed by atoms with E-state index >= 15 is 0 Å². The molecule has 0 amide bonds. The van der Waals surface area contributed by atoms with Gasteiger partial charge in [0.2, 0.25) is 0 Å². The molecule has 0 radical (unpaired) electrons. The van der Waals surface area contributed by atoms with Crippen molar-refractivity contribution < 1.29 is 0 Å². The molecule has 0 N–H and O–H groups in total. The van der Waals surface area contributed by atoms with E-state index in [-0.39, 0.29) is 0 Å². The zero-order chi connectivity index (χ0) is 16.5. The Balaban J connectivity index is 3.00. The summed E-state index contributed by atoms with van der Waals surface area (Å²) in [6, 6.07) is -1.52. The fourth-order valence-electron chi connectivity index (χ4n) is 2.72. The van der Waals surface area contributed by atoms with Crippen LogP contribution in [0.25, 0.3) is 0 Å². The molecule has 0 aliphatic rings. The first-order chi connectivity index (χ1) is 10.6. The lowest BCUT2D eigenvalue weighted by Crippen LogP contribution is -2.07. The summed E-state index contributed by atoms with van der Waals surface area (Å²) in [6.07, 6.45) is 20.5. The highest BCUT2D eigenvalue weighted by Crippen LogP contribution is 2.27. The number of hydrogen-bond acceptors (Lipinski definition) is 0. The predicted octanol–water partition coefficient (Wildman–Crippen LogP) is 8.89. The van der Waals surface area contributed by atoms with E-state index < -0.39 is 6.00 Å². The Morgan fingerprint density at radius 2 is 0.727 bits per heavy atom. The zero-order valence-electron chi connectivity index (χ0n) is 14.0. The van der Waals surface area contributed by atoms with Crippen LogP contribution in [0, 0.1) is 0 Å².